The zero-order valence-electron chi connectivity index (χ0n) is 75.6. The molecule has 9 heterocycles. The smallest absolute Gasteiger partial charge is 0.133 e. The maximum atomic E-state index is 12.9. The van der Waals surface area contributed by atoms with Crippen LogP contribution in [0.25, 0.3) is 0 Å². The number of alkyl halides is 1. The first-order valence-corrected chi connectivity index (χ1v) is 34.4. The van der Waals surface area contributed by atoms with Crippen LogP contribution in [0, 0.1) is 11.8 Å². The van der Waals surface area contributed by atoms with E-state index in [9.17, 15) is 4.39 Å². The van der Waals surface area contributed by atoms with E-state index in [2.05, 4.69) is 187 Å². The van der Waals surface area contributed by atoms with Crippen LogP contribution in [-0.4, -0.2) is 217 Å². The van der Waals surface area contributed by atoms with Crippen molar-refractivity contribution in [2.24, 2.45) is 11.8 Å². The van der Waals surface area contributed by atoms with Crippen molar-refractivity contribution in [3.63, 3.8) is 0 Å². The second kappa shape index (κ2) is 36.1. The summed E-state index contributed by atoms with van der Waals surface area (Å²) in [5.41, 5.74) is 0.0169. The monoisotopic (exact) mass is 1220 g/mol. The molecule has 9 fully saturated rings. The Morgan fingerprint density at radius 3 is 0.659 bits per heavy atom. The SMILES string of the molecule is CC(C)(C)N1CCC1.CC(C)(C)N1CCCC1.CC(C)(C)N1CCCCC1.CC(C)(C)N1CCCCC1.CC(C)(C)N1CCCCCC1.CC1(F)CN(C(C)(C)C)C1.CC1CN(C(C)(C)C)C1.[2H]C1([2H])N(C(C)(C)C)C([2H])([2H])C([2H])([2H])C1([2H])[2H].[2H]C1([2H])N(C(C)(C)C)C([2H])([2H])C1([2H])C. The Labute approximate surface area is 553 Å². The molecular weight excluding hydrogens is 1050 g/mol. The van der Waals surface area contributed by atoms with Gasteiger partial charge in [0.25, 0.3) is 0 Å². The first kappa shape index (κ1) is 62.0. The molecule has 0 aliphatic carbocycles. The molecule has 9 aliphatic rings. The number of likely N-dealkylation sites (tertiary alicyclic amines) is 9. The van der Waals surface area contributed by atoms with Crippen molar-refractivity contribution >= 4 is 0 Å². The zero-order valence-corrected chi connectivity index (χ0v) is 62.6. The fourth-order valence-corrected chi connectivity index (χ4v) is 10.9. The highest BCUT2D eigenvalue weighted by atomic mass is 19.1. The Morgan fingerprint density at radius 1 is 0.306 bits per heavy atom. The summed E-state index contributed by atoms with van der Waals surface area (Å²) in [6.07, 6.45) is 12.5. The number of nitrogens with zero attached hydrogens (tertiary/aromatic N) is 9. The minimum atomic E-state index is -2.93. The average molecular weight is 1220 g/mol. The van der Waals surface area contributed by atoms with Gasteiger partial charge in [-0.05, 0) is 355 Å². The van der Waals surface area contributed by atoms with Crippen molar-refractivity contribution in [3.05, 3.63) is 0 Å². The molecule has 0 saturated carbocycles. The van der Waals surface area contributed by atoms with Gasteiger partial charge in [0.1, 0.15) is 5.67 Å². The second-order valence-corrected chi connectivity index (χ2v) is 35.3. The lowest BCUT2D eigenvalue weighted by molar-refractivity contribution is -0.0681. The molecule has 0 aromatic rings. The Bertz CT molecular complexity index is 2200. The van der Waals surface area contributed by atoms with Gasteiger partial charge in [0.15, 0.2) is 0 Å². The van der Waals surface area contributed by atoms with E-state index in [1.807, 2.05) is 0 Å². The average Bonchev–Trinajstić information content (AvgIpc) is 1.06. The van der Waals surface area contributed by atoms with Crippen LogP contribution in [0.4, 0.5) is 4.39 Å². The summed E-state index contributed by atoms with van der Waals surface area (Å²) in [7, 11) is 0. The highest BCUT2D eigenvalue weighted by molar-refractivity contribution is 4.97. The summed E-state index contributed by atoms with van der Waals surface area (Å²) in [5, 5.41) is 0. The van der Waals surface area contributed by atoms with Crippen molar-refractivity contribution in [2.75, 3.05) is 118 Å². The molecule has 9 saturated heterocycles. The van der Waals surface area contributed by atoms with Gasteiger partial charge in [-0.1, -0.05) is 39.5 Å². The number of piperidine rings is 2. The maximum Gasteiger partial charge on any atom is 0.133 e. The molecule has 9 nitrogen and oxygen atoms in total. The van der Waals surface area contributed by atoms with Gasteiger partial charge in [-0.15, -0.1) is 0 Å². The van der Waals surface area contributed by atoms with Crippen molar-refractivity contribution in [2.45, 2.75) is 359 Å². The standard InChI is InChI=1S/C10H21N.2C9H19N.C8H16FN.4C8H17N.C7H15N/c1-10(2,3)11-8-6-4-5-7-9-11;2*1-9(2,3)10-7-5-4-6-8-10;1-7(2,3)10-5-8(4,9)6-10;2*1-7-5-9(6-7)8(2,3)4;2*1-8(2,3)9-6-4-5-7-9;1-7(2,3)8-5-4-6-8/h4-9H2,1-3H3;2*4-8H2,1-3H3;5-6H2,1-4H3;2*7H,5-6H2,1-4H3;2*4-7H2,1-3H3;4-6H2,1-3H3/i;;;;5D2,6D2,7D;;4D2,5D2,6D2,7D2;;. The second-order valence-electron chi connectivity index (χ2n) is 35.3. The van der Waals surface area contributed by atoms with Crippen LogP contribution in [-0.2, 0) is 0 Å². The quantitative estimate of drug-likeness (QED) is 0.235. The Hall–Kier alpha value is -0.430. The van der Waals surface area contributed by atoms with Crippen LogP contribution < -0.4 is 0 Å². The molecule has 85 heavy (non-hydrogen) atoms. The molecule has 10 heteroatoms. The van der Waals surface area contributed by atoms with Crippen molar-refractivity contribution in [3.8, 4) is 0 Å². The highest BCUT2D eigenvalue weighted by Gasteiger charge is 2.43. The van der Waals surface area contributed by atoms with Crippen LogP contribution >= 0.6 is 0 Å². The van der Waals surface area contributed by atoms with E-state index < -0.39 is 61.4 Å². The third kappa shape index (κ3) is 35.8. The molecule has 0 aromatic carbocycles. The molecule has 9 aliphatic heterocycles. The summed E-state index contributed by atoms with van der Waals surface area (Å²) >= 11 is 0. The summed E-state index contributed by atoms with van der Waals surface area (Å²) < 4.78 is 113. The number of hydrogen-bond donors (Lipinski definition) is 0. The Balaban J connectivity index is 0.000000556. The van der Waals surface area contributed by atoms with Crippen LogP contribution in [0.5, 0.6) is 0 Å². The molecule has 510 valence electrons. The molecule has 0 unspecified atom stereocenters. The number of rotatable bonds is 0. The van der Waals surface area contributed by atoms with Crippen molar-refractivity contribution in [1.82, 2.24) is 44.1 Å². The minimum absolute atomic E-state index is 0.144. The molecule has 0 aromatic heterocycles. The predicted molar refractivity (Wildman–Crippen MR) is 379 cm³/mol. The lowest BCUT2D eigenvalue weighted by atomic mass is 9.92. The van der Waals surface area contributed by atoms with E-state index in [4.69, 9.17) is 17.8 Å². The van der Waals surface area contributed by atoms with Gasteiger partial charge in [-0.2, -0.15) is 0 Å². The summed E-state index contributed by atoms with van der Waals surface area (Å²) in [6, 6.07) is 0. The third-order valence-corrected chi connectivity index (χ3v) is 17.3. The first-order valence-electron chi connectivity index (χ1n) is 40.9. The van der Waals surface area contributed by atoms with Gasteiger partial charge in [0, 0.05) is 107 Å². The number of halogens is 1. The fourth-order valence-electron chi connectivity index (χ4n) is 10.9. The van der Waals surface area contributed by atoms with Crippen molar-refractivity contribution in [1.29, 1.82) is 0 Å². The molecule has 0 radical (unpaired) electrons. The zero-order chi connectivity index (χ0) is 77.4. The fraction of sp³-hybridized carbons (Fsp3) is 1.00. The normalized spacial score (nSPS) is 29.8. The van der Waals surface area contributed by atoms with Crippen LogP contribution in [0.2, 0.25) is 0 Å². The van der Waals surface area contributed by atoms with E-state index in [0.29, 0.717) is 51.2 Å². The lowest BCUT2D eigenvalue weighted by Gasteiger charge is -2.49. The topological polar surface area (TPSA) is 29.2 Å². The van der Waals surface area contributed by atoms with Crippen LogP contribution in [0.3, 0.4) is 0 Å². The molecule has 0 bridgehead atoms. The first-order chi connectivity index (χ1) is 43.3. The largest absolute Gasteiger partial charge is 0.298 e. The van der Waals surface area contributed by atoms with Gasteiger partial charge >= 0.3 is 0 Å². The molecule has 0 atom stereocenters. The maximum absolute atomic E-state index is 12.9. The van der Waals surface area contributed by atoms with Gasteiger partial charge in [0.2, 0.25) is 0 Å². The van der Waals surface area contributed by atoms with Crippen LogP contribution in [0.1, 0.15) is 322 Å². The highest BCUT2D eigenvalue weighted by Crippen LogP contribution is 2.31. The predicted octanol–water partition coefficient (Wildman–Crippen LogP) is 17.8. The third-order valence-electron chi connectivity index (χ3n) is 17.3. The van der Waals surface area contributed by atoms with Crippen molar-refractivity contribution < 1.29 is 22.2 Å². The lowest BCUT2D eigenvalue weighted by Crippen LogP contribution is -2.63. The minimum Gasteiger partial charge on any atom is -0.298 e. The molecular formula is C75H158FN9. The van der Waals surface area contributed by atoms with E-state index >= 15 is 0 Å². The van der Waals surface area contributed by atoms with Gasteiger partial charge in [0.05, 0.1) is 0 Å². The van der Waals surface area contributed by atoms with E-state index in [-0.39, 0.29) is 5.54 Å². The summed E-state index contributed by atoms with van der Waals surface area (Å²) in [4.78, 5) is 19.2. The molecule has 0 N–H and O–H groups in total. The van der Waals surface area contributed by atoms with E-state index in [1.165, 1.54) is 190 Å². The van der Waals surface area contributed by atoms with E-state index in [1.54, 1.807) is 27.7 Å². The van der Waals surface area contributed by atoms with Gasteiger partial charge in [-0.3, -0.25) is 44.1 Å². The molecule has 0 amide bonds. The molecule has 9 rings (SSSR count). The Morgan fingerprint density at radius 2 is 0.518 bits per heavy atom. The van der Waals surface area contributed by atoms with Crippen LogP contribution in [0.15, 0.2) is 0 Å². The summed E-state index contributed by atoms with van der Waals surface area (Å²) in [5.74, 6) is -0.781. The Kier molecular flexibility index (Phi) is 26.4. The van der Waals surface area contributed by atoms with E-state index in [0.717, 1.165) is 10.8 Å². The van der Waals surface area contributed by atoms with Gasteiger partial charge < -0.3 is 0 Å². The van der Waals surface area contributed by atoms with Gasteiger partial charge in [-0.25, -0.2) is 4.39 Å². The summed E-state index contributed by atoms with van der Waals surface area (Å²) in [6.45, 7) is 70.3. The molecule has 0 spiro atoms. The number of hydrogen-bond acceptors (Lipinski definition) is 9.